The standard InChI is InChI=1S/C24H25N3O2S2.C6H13NO2.CH5N.CH2O/c1-16(2)24-25-21(15-30-24)17-8-5-9-18(14-17)26-31(28,29)23-13-7-10-19-20(23)11-6-12-22(19)27(3)4;1-6(2,3)9-5(8)7-4;2*1-2/h5-16,26H,1-4H3;1-4H3,(H,7,8);2H2,1H3;1H2. The van der Waals surface area contributed by atoms with Gasteiger partial charge in [-0.05, 0) is 52.1 Å². The van der Waals surface area contributed by atoms with E-state index in [9.17, 15) is 13.2 Å². The molecule has 4 N–H and O–H groups in total. The van der Waals surface area contributed by atoms with Crippen LogP contribution in [0.3, 0.4) is 0 Å². The third-order valence-electron chi connectivity index (χ3n) is 5.66. The van der Waals surface area contributed by atoms with E-state index < -0.39 is 10.0 Å². The van der Waals surface area contributed by atoms with Gasteiger partial charge in [-0.3, -0.25) is 4.72 Å². The Labute approximate surface area is 265 Å². The van der Waals surface area contributed by atoms with Gasteiger partial charge < -0.3 is 25.5 Å². The highest BCUT2D eigenvalue weighted by molar-refractivity contribution is 7.93. The van der Waals surface area contributed by atoms with E-state index in [-0.39, 0.29) is 16.6 Å². The van der Waals surface area contributed by atoms with Gasteiger partial charge >= 0.3 is 6.09 Å². The molecule has 0 bridgehead atoms. The number of thiazole rings is 1. The SMILES string of the molecule is C=O.CC(C)c1nc(-c2cccc(NS(=O)(=O)c3cccc4c(N(C)C)cccc34)c2)cs1.CN.CNC(=O)OC(C)(C)C. The van der Waals surface area contributed by atoms with Crippen molar-refractivity contribution in [2.75, 3.05) is 37.8 Å². The molecule has 1 heterocycles. The Morgan fingerprint density at radius 3 is 2.11 bits per heavy atom. The van der Waals surface area contributed by atoms with Crippen LogP contribution < -0.4 is 20.7 Å². The zero-order valence-electron chi connectivity index (χ0n) is 27.0. The highest BCUT2D eigenvalue weighted by Crippen LogP contribution is 2.32. The van der Waals surface area contributed by atoms with Crippen molar-refractivity contribution in [1.29, 1.82) is 0 Å². The van der Waals surface area contributed by atoms with Gasteiger partial charge in [0.2, 0.25) is 0 Å². The number of alkyl carbamates (subject to hydrolysis) is 1. The van der Waals surface area contributed by atoms with Crippen molar-refractivity contribution in [3.05, 3.63) is 71.1 Å². The third kappa shape index (κ3) is 10.9. The van der Waals surface area contributed by atoms with E-state index >= 15 is 0 Å². The van der Waals surface area contributed by atoms with Crippen LogP contribution in [0, 0.1) is 0 Å². The highest BCUT2D eigenvalue weighted by atomic mass is 32.2. The van der Waals surface area contributed by atoms with E-state index in [0.717, 1.165) is 27.3 Å². The molecule has 1 amide bonds. The largest absolute Gasteiger partial charge is 0.444 e. The summed E-state index contributed by atoms with van der Waals surface area (Å²) in [7, 11) is 3.15. The molecule has 0 aliphatic rings. The molecule has 1 aromatic heterocycles. The summed E-state index contributed by atoms with van der Waals surface area (Å²) in [6.07, 6.45) is -0.387. The van der Waals surface area contributed by atoms with Crippen LogP contribution in [0.25, 0.3) is 22.0 Å². The van der Waals surface area contributed by atoms with E-state index in [1.54, 1.807) is 29.5 Å². The second-order valence-corrected chi connectivity index (χ2v) is 13.2. The van der Waals surface area contributed by atoms with Crippen LogP contribution in [0.2, 0.25) is 0 Å². The van der Waals surface area contributed by atoms with Crippen molar-refractivity contribution >= 4 is 56.4 Å². The van der Waals surface area contributed by atoms with Crippen molar-refractivity contribution < 1.29 is 22.7 Å². The van der Waals surface area contributed by atoms with Gasteiger partial charge in [0.25, 0.3) is 10.0 Å². The fourth-order valence-electron chi connectivity index (χ4n) is 3.86. The summed E-state index contributed by atoms with van der Waals surface area (Å²) in [5.74, 6) is 0.360. The van der Waals surface area contributed by atoms with Crippen LogP contribution in [0.5, 0.6) is 0 Å². The van der Waals surface area contributed by atoms with Gasteiger partial charge in [-0.1, -0.05) is 50.2 Å². The maximum Gasteiger partial charge on any atom is 0.407 e. The molecule has 0 unspecified atom stereocenters. The first kappa shape index (κ1) is 38.0. The van der Waals surface area contributed by atoms with Gasteiger partial charge in [-0.15, -0.1) is 11.3 Å². The van der Waals surface area contributed by atoms with E-state index in [1.165, 1.54) is 14.1 Å². The Balaban J connectivity index is 0.000000636. The lowest BCUT2D eigenvalue weighted by Gasteiger charge is -2.18. The predicted octanol–water partition coefficient (Wildman–Crippen LogP) is 6.48. The molecule has 0 atom stereocenters. The van der Waals surface area contributed by atoms with Gasteiger partial charge in [0.05, 0.1) is 15.6 Å². The third-order valence-corrected chi connectivity index (χ3v) is 8.24. The summed E-state index contributed by atoms with van der Waals surface area (Å²) in [4.78, 5) is 25.4. The zero-order chi connectivity index (χ0) is 33.7. The molecule has 0 aliphatic heterocycles. The summed E-state index contributed by atoms with van der Waals surface area (Å²) < 4.78 is 34.2. The Hall–Kier alpha value is -4.00. The molecule has 240 valence electrons. The van der Waals surface area contributed by atoms with E-state index in [1.807, 2.05) is 94.4 Å². The molecule has 3 aromatic carbocycles. The minimum Gasteiger partial charge on any atom is -0.444 e. The Bertz CT molecular complexity index is 1600. The molecule has 0 radical (unpaired) electrons. The molecule has 12 heteroatoms. The lowest BCUT2D eigenvalue weighted by Crippen LogP contribution is -2.30. The summed E-state index contributed by atoms with van der Waals surface area (Å²) in [5.41, 5.74) is 7.34. The van der Waals surface area contributed by atoms with Crippen LogP contribution in [-0.4, -0.2) is 60.1 Å². The van der Waals surface area contributed by atoms with Gasteiger partial charge in [0.15, 0.2) is 0 Å². The number of nitrogens with zero attached hydrogens (tertiary/aromatic N) is 2. The molecular weight excluding hydrogens is 599 g/mol. The number of nitrogens with two attached hydrogens (primary N) is 1. The van der Waals surface area contributed by atoms with Crippen LogP contribution in [-0.2, 0) is 19.6 Å². The number of amides is 1. The second-order valence-electron chi connectivity index (χ2n) is 10.7. The number of fused-ring (bicyclic) bond motifs is 1. The number of benzene rings is 3. The fourth-order valence-corrected chi connectivity index (χ4v) is 5.97. The highest BCUT2D eigenvalue weighted by Gasteiger charge is 2.19. The Morgan fingerprint density at radius 2 is 1.59 bits per heavy atom. The van der Waals surface area contributed by atoms with Crippen molar-refractivity contribution in [3.8, 4) is 11.3 Å². The number of sulfonamides is 1. The molecule has 0 spiro atoms. The fraction of sp³-hybridized carbons (Fsp3) is 0.344. The predicted molar refractivity (Wildman–Crippen MR) is 183 cm³/mol. The van der Waals surface area contributed by atoms with Crippen molar-refractivity contribution in [1.82, 2.24) is 10.3 Å². The topological polar surface area (TPSA) is 144 Å². The number of aromatic nitrogens is 1. The minimum absolute atomic E-state index is 0.259. The van der Waals surface area contributed by atoms with E-state index in [4.69, 9.17) is 9.53 Å². The number of carbonyl (C=O) groups is 2. The Kier molecular flexibility index (Phi) is 15.0. The minimum atomic E-state index is -3.78. The lowest BCUT2D eigenvalue weighted by atomic mass is 10.1. The number of anilines is 2. The quantitative estimate of drug-likeness (QED) is 0.217. The van der Waals surface area contributed by atoms with Crippen molar-refractivity contribution in [2.24, 2.45) is 5.73 Å². The number of hydrogen-bond donors (Lipinski definition) is 3. The molecule has 0 aliphatic carbocycles. The maximum atomic E-state index is 13.3. The summed E-state index contributed by atoms with van der Waals surface area (Å²) in [6.45, 7) is 11.7. The van der Waals surface area contributed by atoms with Gasteiger partial charge in [-0.2, -0.15) is 0 Å². The number of hydrogen-bond acceptors (Lipinski definition) is 9. The first-order valence-electron chi connectivity index (χ1n) is 13.8. The molecule has 44 heavy (non-hydrogen) atoms. The molecular formula is C32H45N5O5S2. The van der Waals surface area contributed by atoms with Crippen molar-refractivity contribution in [3.63, 3.8) is 0 Å². The molecule has 4 rings (SSSR count). The van der Waals surface area contributed by atoms with Crippen molar-refractivity contribution in [2.45, 2.75) is 51.0 Å². The van der Waals surface area contributed by atoms with Crippen LogP contribution in [0.15, 0.2) is 70.9 Å². The number of ether oxygens (including phenoxy) is 1. The summed E-state index contributed by atoms with van der Waals surface area (Å²) in [5, 5.41) is 7.02. The van der Waals surface area contributed by atoms with E-state index in [0.29, 0.717) is 17.0 Å². The maximum absolute atomic E-state index is 13.3. The summed E-state index contributed by atoms with van der Waals surface area (Å²) >= 11 is 1.62. The Morgan fingerprint density at radius 1 is 1.00 bits per heavy atom. The summed E-state index contributed by atoms with van der Waals surface area (Å²) in [6, 6.07) is 18.4. The molecule has 0 saturated heterocycles. The molecule has 0 saturated carbocycles. The van der Waals surface area contributed by atoms with Crippen LogP contribution in [0.4, 0.5) is 16.2 Å². The molecule has 10 nitrogen and oxygen atoms in total. The lowest BCUT2D eigenvalue weighted by molar-refractivity contribution is -0.0980. The zero-order valence-corrected chi connectivity index (χ0v) is 28.6. The second kappa shape index (κ2) is 17.3. The number of nitrogens with one attached hydrogen (secondary N) is 2. The smallest absolute Gasteiger partial charge is 0.407 e. The van der Waals surface area contributed by atoms with Crippen LogP contribution >= 0.6 is 11.3 Å². The molecule has 0 fully saturated rings. The van der Waals surface area contributed by atoms with E-state index in [2.05, 4.69) is 34.6 Å². The van der Waals surface area contributed by atoms with Crippen LogP contribution in [0.1, 0.15) is 45.5 Å². The molecule has 4 aromatic rings. The first-order valence-corrected chi connectivity index (χ1v) is 16.1. The number of rotatable bonds is 6. The van der Waals surface area contributed by atoms with Gasteiger partial charge in [-0.25, -0.2) is 18.2 Å². The monoisotopic (exact) mass is 643 g/mol. The number of carbonyl (C=O) groups excluding carboxylic acids is 2. The average molecular weight is 644 g/mol. The van der Waals surface area contributed by atoms with Gasteiger partial charge in [0, 0.05) is 60.2 Å². The normalized spacial score (nSPS) is 10.7. The average Bonchev–Trinajstić information content (AvgIpc) is 3.49. The first-order chi connectivity index (χ1) is 20.7. The van der Waals surface area contributed by atoms with Gasteiger partial charge in [0.1, 0.15) is 12.4 Å².